The van der Waals surface area contributed by atoms with Gasteiger partial charge in [0, 0.05) is 11.8 Å². The molecular formula is C12H9ClN3O4-. The van der Waals surface area contributed by atoms with Crippen LogP contribution in [0.15, 0.2) is 48.5 Å². The smallest absolute Gasteiger partial charge is 0.299 e. The Bertz CT molecular complexity index is 634. The molecule has 0 aliphatic heterocycles. The van der Waals surface area contributed by atoms with Gasteiger partial charge in [0.1, 0.15) is 5.69 Å². The molecule has 0 amide bonds. The van der Waals surface area contributed by atoms with Gasteiger partial charge in [0.2, 0.25) is 0 Å². The lowest BCUT2D eigenvalue weighted by atomic mass is 10.2. The monoisotopic (exact) mass is 294 g/mol. The molecule has 0 saturated carbocycles. The number of nitro benzene ring substituents is 2. The summed E-state index contributed by atoms with van der Waals surface area (Å²) in [5, 5.41) is 24.4. The van der Waals surface area contributed by atoms with E-state index in [1.54, 1.807) is 24.3 Å². The summed E-state index contributed by atoms with van der Waals surface area (Å²) in [5.41, 5.74) is 0.226. The highest BCUT2D eigenvalue weighted by Gasteiger charge is 2.19. The van der Waals surface area contributed by atoms with E-state index in [4.69, 9.17) is 0 Å². The number of anilines is 2. The number of halogens is 1. The van der Waals surface area contributed by atoms with Gasteiger partial charge in [0.15, 0.2) is 0 Å². The maximum Gasteiger partial charge on any atom is 0.299 e. The van der Waals surface area contributed by atoms with E-state index < -0.39 is 9.85 Å². The van der Waals surface area contributed by atoms with Crippen LogP contribution in [-0.2, 0) is 0 Å². The molecule has 104 valence electrons. The largest absolute Gasteiger partial charge is 1.00 e. The maximum atomic E-state index is 10.9. The Morgan fingerprint density at radius 2 is 1.55 bits per heavy atom. The van der Waals surface area contributed by atoms with Crippen LogP contribution >= 0.6 is 0 Å². The van der Waals surface area contributed by atoms with Crippen LogP contribution in [0, 0.1) is 20.2 Å². The molecule has 1 N–H and O–H groups in total. The van der Waals surface area contributed by atoms with Crippen LogP contribution in [0.1, 0.15) is 0 Å². The zero-order valence-corrected chi connectivity index (χ0v) is 10.8. The number of rotatable bonds is 4. The van der Waals surface area contributed by atoms with Gasteiger partial charge in [-0.15, -0.1) is 0 Å². The predicted molar refractivity (Wildman–Crippen MR) is 69.5 cm³/mol. The van der Waals surface area contributed by atoms with Crippen molar-refractivity contribution in [2.45, 2.75) is 0 Å². The highest BCUT2D eigenvalue weighted by molar-refractivity contribution is 5.71. The van der Waals surface area contributed by atoms with Crippen LogP contribution in [0.4, 0.5) is 22.7 Å². The van der Waals surface area contributed by atoms with Crippen molar-refractivity contribution in [3.05, 3.63) is 68.8 Å². The number of nitro groups is 2. The Balaban J connectivity index is 0.00000200. The predicted octanol–water partition coefficient (Wildman–Crippen LogP) is 0.251. The molecule has 0 spiro atoms. The van der Waals surface area contributed by atoms with E-state index in [-0.39, 0.29) is 29.5 Å². The van der Waals surface area contributed by atoms with E-state index in [0.717, 1.165) is 6.07 Å². The second kappa shape index (κ2) is 6.48. The zero-order valence-electron chi connectivity index (χ0n) is 10.0. The van der Waals surface area contributed by atoms with Crippen LogP contribution in [-0.4, -0.2) is 9.85 Å². The van der Waals surface area contributed by atoms with Crippen LogP contribution in [0.25, 0.3) is 0 Å². The minimum Gasteiger partial charge on any atom is -1.00 e. The van der Waals surface area contributed by atoms with E-state index in [1.165, 1.54) is 12.1 Å². The van der Waals surface area contributed by atoms with Crippen molar-refractivity contribution in [1.29, 1.82) is 0 Å². The fourth-order valence-electron chi connectivity index (χ4n) is 1.57. The molecule has 0 saturated heterocycles. The third-order valence-electron chi connectivity index (χ3n) is 2.44. The summed E-state index contributed by atoms with van der Waals surface area (Å²) in [5.74, 6) is 0. The Kier molecular flexibility index (Phi) is 4.99. The van der Waals surface area contributed by atoms with E-state index >= 15 is 0 Å². The first-order valence-corrected chi connectivity index (χ1v) is 5.33. The molecule has 2 rings (SSSR count). The lowest BCUT2D eigenvalue weighted by Crippen LogP contribution is -3.00. The number of para-hydroxylation sites is 1. The molecule has 0 radical (unpaired) electrons. The van der Waals surface area contributed by atoms with Crippen LogP contribution < -0.4 is 17.7 Å². The molecule has 2 aromatic carbocycles. The summed E-state index contributed by atoms with van der Waals surface area (Å²) < 4.78 is 0. The first kappa shape index (κ1) is 15.4. The number of non-ortho nitro benzene ring substituents is 1. The SMILES string of the molecule is O=[N+]([O-])c1ccc(Nc2ccccc2)c([N+](=O)[O-])c1.[Cl-]. The van der Waals surface area contributed by atoms with Crippen LogP contribution in [0.3, 0.4) is 0 Å². The Labute approximate surface area is 119 Å². The van der Waals surface area contributed by atoms with Gasteiger partial charge in [-0.05, 0) is 18.2 Å². The Hall–Kier alpha value is -2.67. The second-order valence-corrected chi connectivity index (χ2v) is 3.71. The first-order chi connectivity index (χ1) is 9.08. The highest BCUT2D eigenvalue weighted by atomic mass is 35.5. The maximum absolute atomic E-state index is 10.9. The van der Waals surface area contributed by atoms with Crippen molar-refractivity contribution in [1.82, 2.24) is 0 Å². The lowest BCUT2D eigenvalue weighted by Gasteiger charge is -2.06. The van der Waals surface area contributed by atoms with Gasteiger partial charge in [-0.3, -0.25) is 20.2 Å². The van der Waals surface area contributed by atoms with E-state index in [2.05, 4.69) is 5.32 Å². The minimum absolute atomic E-state index is 0. The van der Waals surface area contributed by atoms with E-state index in [9.17, 15) is 20.2 Å². The minimum atomic E-state index is -0.667. The molecule has 2 aromatic rings. The fourth-order valence-corrected chi connectivity index (χ4v) is 1.57. The molecule has 0 unspecified atom stereocenters. The number of benzene rings is 2. The average molecular weight is 295 g/mol. The molecule has 0 aliphatic carbocycles. The van der Waals surface area contributed by atoms with Gasteiger partial charge < -0.3 is 17.7 Å². The van der Waals surface area contributed by atoms with Gasteiger partial charge in [-0.1, -0.05) is 18.2 Å². The van der Waals surface area contributed by atoms with Gasteiger partial charge in [-0.2, -0.15) is 0 Å². The van der Waals surface area contributed by atoms with Crippen LogP contribution in [0.5, 0.6) is 0 Å². The molecule has 8 heteroatoms. The molecular weight excluding hydrogens is 286 g/mol. The van der Waals surface area contributed by atoms with Crippen molar-refractivity contribution in [3.8, 4) is 0 Å². The van der Waals surface area contributed by atoms with Crippen molar-refractivity contribution < 1.29 is 22.3 Å². The summed E-state index contributed by atoms with van der Waals surface area (Å²) in [6, 6.07) is 12.3. The van der Waals surface area contributed by atoms with Gasteiger partial charge >= 0.3 is 0 Å². The van der Waals surface area contributed by atoms with Gasteiger partial charge in [0.05, 0.1) is 15.9 Å². The average Bonchev–Trinajstić information content (AvgIpc) is 2.39. The summed E-state index contributed by atoms with van der Waals surface area (Å²) >= 11 is 0. The molecule has 0 fully saturated rings. The number of hydrogen-bond acceptors (Lipinski definition) is 5. The Morgan fingerprint density at radius 3 is 2.10 bits per heavy atom. The quantitative estimate of drug-likeness (QED) is 0.644. The highest BCUT2D eigenvalue weighted by Crippen LogP contribution is 2.31. The molecule has 0 heterocycles. The second-order valence-electron chi connectivity index (χ2n) is 3.71. The van der Waals surface area contributed by atoms with Crippen molar-refractivity contribution in [3.63, 3.8) is 0 Å². The number of nitrogens with zero attached hydrogens (tertiary/aromatic N) is 2. The molecule has 0 aromatic heterocycles. The summed E-state index contributed by atoms with van der Waals surface area (Å²) in [7, 11) is 0. The van der Waals surface area contributed by atoms with Gasteiger partial charge in [0.25, 0.3) is 11.4 Å². The van der Waals surface area contributed by atoms with Crippen molar-refractivity contribution in [2.75, 3.05) is 5.32 Å². The molecule has 0 bridgehead atoms. The molecule has 20 heavy (non-hydrogen) atoms. The number of nitrogens with one attached hydrogen (secondary N) is 1. The normalized spacial score (nSPS) is 9.40. The third kappa shape index (κ3) is 3.42. The lowest BCUT2D eigenvalue weighted by molar-refractivity contribution is -0.393. The first-order valence-electron chi connectivity index (χ1n) is 5.33. The number of hydrogen-bond donors (Lipinski definition) is 1. The van der Waals surface area contributed by atoms with Gasteiger partial charge in [-0.25, -0.2) is 0 Å². The topological polar surface area (TPSA) is 98.3 Å². The van der Waals surface area contributed by atoms with Crippen LogP contribution in [0.2, 0.25) is 0 Å². The van der Waals surface area contributed by atoms with Crippen molar-refractivity contribution in [2.24, 2.45) is 0 Å². The standard InChI is InChI=1S/C12H9N3O4.ClH/c16-14(17)10-6-7-11(12(8-10)15(18)19)13-9-4-2-1-3-5-9;/h1-8,13H;1H/p-1. The van der Waals surface area contributed by atoms with Crippen molar-refractivity contribution >= 4 is 22.7 Å². The summed E-state index contributed by atoms with van der Waals surface area (Å²) in [6.07, 6.45) is 0. The third-order valence-corrected chi connectivity index (χ3v) is 2.44. The van der Waals surface area contributed by atoms with E-state index in [0.29, 0.717) is 5.69 Å². The summed E-state index contributed by atoms with van der Waals surface area (Å²) in [4.78, 5) is 20.2. The zero-order chi connectivity index (χ0) is 13.8. The molecule has 0 aliphatic rings. The Morgan fingerprint density at radius 1 is 0.900 bits per heavy atom. The van der Waals surface area contributed by atoms with E-state index in [1.807, 2.05) is 6.07 Å². The fraction of sp³-hybridized carbons (Fsp3) is 0. The molecule has 7 nitrogen and oxygen atoms in total. The molecule has 0 atom stereocenters. The summed E-state index contributed by atoms with van der Waals surface area (Å²) in [6.45, 7) is 0.